The topological polar surface area (TPSA) is 62.1 Å². The number of ether oxygens (including phenoxy) is 1. The van der Waals surface area contributed by atoms with Gasteiger partial charge in [-0.2, -0.15) is 5.26 Å². The van der Waals surface area contributed by atoms with Crippen molar-refractivity contribution in [1.29, 1.82) is 5.26 Å². The average molecular weight is 280 g/mol. The van der Waals surface area contributed by atoms with Gasteiger partial charge in [-0.15, -0.1) is 6.58 Å². The predicted molar refractivity (Wildman–Crippen MR) is 81.4 cm³/mol. The lowest BCUT2D eigenvalue weighted by atomic mass is 10.0. The molecule has 1 aromatic carbocycles. The highest BCUT2D eigenvalue weighted by Crippen LogP contribution is 2.30. The Balaban J connectivity index is 2.30. The average Bonchev–Trinajstić information content (AvgIpc) is 2.50. The molecule has 1 amide bonds. The second-order valence-electron chi connectivity index (χ2n) is 4.61. The van der Waals surface area contributed by atoms with Gasteiger partial charge in [0.2, 0.25) is 0 Å². The Morgan fingerprint density at radius 2 is 2.29 bits per heavy atom. The van der Waals surface area contributed by atoms with E-state index in [4.69, 9.17) is 10.00 Å². The minimum Gasteiger partial charge on any atom is -0.485 e. The third-order valence-electron chi connectivity index (χ3n) is 3.10. The minimum atomic E-state index is -0.413. The van der Waals surface area contributed by atoms with Crippen LogP contribution in [0, 0.1) is 11.3 Å². The van der Waals surface area contributed by atoms with Crippen molar-refractivity contribution in [2.24, 2.45) is 0 Å². The van der Waals surface area contributed by atoms with Gasteiger partial charge in [-0.05, 0) is 30.7 Å². The minimum absolute atomic E-state index is 0.0536. The quantitative estimate of drug-likeness (QED) is 0.524. The standard InChI is InChI=1S/C17H16N2O2/c1-3-8-19-17(20)15(11-18)10-14-9-13-6-4-5-7-16(13)21-12(14)2/h3-7,9-10,12H,1,8H2,2H3,(H,19,20)/b15-10+. The van der Waals surface area contributed by atoms with E-state index in [1.54, 1.807) is 12.2 Å². The van der Waals surface area contributed by atoms with Crippen LogP contribution in [0.3, 0.4) is 0 Å². The van der Waals surface area contributed by atoms with Crippen LogP contribution in [0.2, 0.25) is 0 Å². The van der Waals surface area contributed by atoms with Gasteiger partial charge < -0.3 is 10.1 Å². The van der Waals surface area contributed by atoms with Crippen LogP contribution in [-0.2, 0) is 4.79 Å². The summed E-state index contributed by atoms with van der Waals surface area (Å²) in [6.45, 7) is 5.73. The summed E-state index contributed by atoms with van der Waals surface area (Å²) in [5.74, 6) is 0.390. The maximum atomic E-state index is 11.8. The molecule has 2 rings (SSSR count). The highest BCUT2D eigenvalue weighted by Gasteiger charge is 2.18. The van der Waals surface area contributed by atoms with Crippen molar-refractivity contribution in [3.63, 3.8) is 0 Å². The Morgan fingerprint density at radius 3 is 3.00 bits per heavy atom. The summed E-state index contributed by atoms with van der Waals surface area (Å²) in [5, 5.41) is 11.7. The van der Waals surface area contributed by atoms with Crippen LogP contribution in [0.15, 0.2) is 54.1 Å². The third kappa shape index (κ3) is 3.40. The molecule has 1 aromatic rings. The summed E-state index contributed by atoms with van der Waals surface area (Å²) in [4.78, 5) is 11.8. The van der Waals surface area contributed by atoms with E-state index in [9.17, 15) is 4.79 Å². The van der Waals surface area contributed by atoms with Crippen molar-refractivity contribution in [3.8, 4) is 11.8 Å². The molecule has 1 aliphatic heterocycles. The fourth-order valence-electron chi connectivity index (χ4n) is 2.00. The highest BCUT2D eigenvalue weighted by molar-refractivity contribution is 5.98. The fraction of sp³-hybridized carbons (Fsp3) is 0.176. The second-order valence-corrected chi connectivity index (χ2v) is 4.61. The van der Waals surface area contributed by atoms with Gasteiger partial charge in [0, 0.05) is 12.1 Å². The number of nitrogens with zero attached hydrogens (tertiary/aromatic N) is 1. The Labute approximate surface area is 124 Å². The first kappa shape index (κ1) is 14.6. The first-order chi connectivity index (χ1) is 10.2. The first-order valence-corrected chi connectivity index (χ1v) is 6.64. The molecule has 4 nitrogen and oxygen atoms in total. The number of rotatable bonds is 4. The summed E-state index contributed by atoms with van der Waals surface area (Å²) in [5.41, 5.74) is 1.78. The number of para-hydroxylation sites is 1. The van der Waals surface area contributed by atoms with Gasteiger partial charge in [0.15, 0.2) is 0 Å². The molecule has 1 unspecified atom stereocenters. The van der Waals surface area contributed by atoms with Crippen LogP contribution >= 0.6 is 0 Å². The lowest BCUT2D eigenvalue weighted by Crippen LogP contribution is -2.25. The number of hydrogen-bond donors (Lipinski definition) is 1. The number of nitrogens with one attached hydrogen (secondary N) is 1. The number of carbonyl (C=O) groups is 1. The second kappa shape index (κ2) is 6.58. The molecular formula is C17H16N2O2. The van der Waals surface area contributed by atoms with Crippen LogP contribution in [-0.4, -0.2) is 18.6 Å². The molecule has 1 N–H and O–H groups in total. The molecule has 106 valence electrons. The molecule has 0 saturated heterocycles. The molecule has 0 saturated carbocycles. The largest absolute Gasteiger partial charge is 0.485 e. The molecule has 0 fully saturated rings. The Morgan fingerprint density at radius 1 is 1.52 bits per heavy atom. The van der Waals surface area contributed by atoms with Gasteiger partial charge in [-0.1, -0.05) is 24.3 Å². The maximum absolute atomic E-state index is 11.8. The van der Waals surface area contributed by atoms with E-state index in [0.717, 1.165) is 16.9 Å². The van der Waals surface area contributed by atoms with Gasteiger partial charge in [0.05, 0.1) is 0 Å². The molecule has 0 aromatic heterocycles. The van der Waals surface area contributed by atoms with E-state index in [2.05, 4.69) is 11.9 Å². The van der Waals surface area contributed by atoms with Crippen molar-refractivity contribution in [1.82, 2.24) is 5.32 Å². The zero-order chi connectivity index (χ0) is 15.2. The SMILES string of the molecule is C=CCNC(=O)/C(C#N)=C/C1=Cc2ccccc2OC1C. The lowest BCUT2D eigenvalue weighted by molar-refractivity contribution is -0.116. The van der Waals surface area contributed by atoms with Gasteiger partial charge in [-0.3, -0.25) is 4.79 Å². The zero-order valence-corrected chi connectivity index (χ0v) is 11.8. The molecule has 0 aliphatic carbocycles. The van der Waals surface area contributed by atoms with Crippen molar-refractivity contribution in [2.45, 2.75) is 13.0 Å². The Hall–Kier alpha value is -2.80. The van der Waals surface area contributed by atoms with Crippen LogP contribution in [0.1, 0.15) is 12.5 Å². The normalized spacial score (nSPS) is 16.9. The number of fused-ring (bicyclic) bond motifs is 1. The fourth-order valence-corrected chi connectivity index (χ4v) is 2.00. The molecule has 21 heavy (non-hydrogen) atoms. The van der Waals surface area contributed by atoms with Gasteiger partial charge in [-0.25, -0.2) is 0 Å². The predicted octanol–water partition coefficient (Wildman–Crippen LogP) is 2.60. The Kier molecular flexibility index (Phi) is 4.57. The van der Waals surface area contributed by atoms with E-state index < -0.39 is 5.91 Å². The number of benzene rings is 1. The number of hydrogen-bond acceptors (Lipinski definition) is 3. The van der Waals surface area contributed by atoms with E-state index in [-0.39, 0.29) is 11.7 Å². The van der Waals surface area contributed by atoms with E-state index in [1.165, 1.54) is 0 Å². The summed E-state index contributed by atoms with van der Waals surface area (Å²) in [6, 6.07) is 9.57. The molecule has 4 heteroatoms. The van der Waals surface area contributed by atoms with Crippen LogP contribution < -0.4 is 10.1 Å². The molecule has 1 heterocycles. The monoisotopic (exact) mass is 280 g/mol. The van der Waals surface area contributed by atoms with Crippen molar-refractivity contribution in [3.05, 3.63) is 59.7 Å². The third-order valence-corrected chi connectivity index (χ3v) is 3.10. The van der Waals surface area contributed by atoms with Crippen molar-refractivity contribution in [2.75, 3.05) is 6.54 Å². The first-order valence-electron chi connectivity index (χ1n) is 6.64. The maximum Gasteiger partial charge on any atom is 0.262 e. The zero-order valence-electron chi connectivity index (χ0n) is 11.8. The van der Waals surface area contributed by atoms with Gasteiger partial charge >= 0.3 is 0 Å². The Bertz CT molecular complexity index is 666. The molecule has 1 atom stereocenters. The highest BCUT2D eigenvalue weighted by atomic mass is 16.5. The lowest BCUT2D eigenvalue weighted by Gasteiger charge is -2.22. The molecule has 1 aliphatic rings. The summed E-state index contributed by atoms with van der Waals surface area (Å²) in [6.07, 6.45) is 4.85. The van der Waals surface area contributed by atoms with Crippen molar-refractivity contribution < 1.29 is 9.53 Å². The van der Waals surface area contributed by atoms with Gasteiger partial charge in [0.25, 0.3) is 5.91 Å². The summed E-state index contributed by atoms with van der Waals surface area (Å²) in [7, 11) is 0. The van der Waals surface area contributed by atoms with Gasteiger partial charge in [0.1, 0.15) is 23.5 Å². The summed E-state index contributed by atoms with van der Waals surface area (Å²) >= 11 is 0. The molecular weight excluding hydrogens is 264 g/mol. The van der Waals surface area contributed by atoms with E-state index >= 15 is 0 Å². The smallest absolute Gasteiger partial charge is 0.262 e. The number of carbonyl (C=O) groups excluding carboxylic acids is 1. The summed E-state index contributed by atoms with van der Waals surface area (Å²) < 4.78 is 5.78. The number of amides is 1. The van der Waals surface area contributed by atoms with Crippen molar-refractivity contribution >= 4 is 12.0 Å². The van der Waals surface area contributed by atoms with Crippen LogP contribution in [0.25, 0.3) is 6.08 Å². The molecule has 0 bridgehead atoms. The number of nitriles is 1. The molecule has 0 spiro atoms. The van der Waals surface area contributed by atoms with E-state index in [0.29, 0.717) is 6.54 Å². The van der Waals surface area contributed by atoms with Crippen LogP contribution in [0.5, 0.6) is 5.75 Å². The van der Waals surface area contributed by atoms with E-state index in [1.807, 2.05) is 43.3 Å². The molecule has 0 radical (unpaired) electrons. The van der Waals surface area contributed by atoms with Crippen LogP contribution in [0.4, 0.5) is 0 Å².